The van der Waals surface area contributed by atoms with E-state index in [1.54, 1.807) is 13.1 Å². The van der Waals surface area contributed by atoms with Crippen LogP contribution in [0.15, 0.2) is 52.1 Å². The predicted molar refractivity (Wildman–Crippen MR) is 124 cm³/mol. The summed E-state index contributed by atoms with van der Waals surface area (Å²) in [5.41, 5.74) is 8.11. The van der Waals surface area contributed by atoms with Crippen LogP contribution in [0.25, 0.3) is 0 Å². The smallest absolute Gasteiger partial charge is 0.330 e. The molecule has 31 heavy (non-hydrogen) atoms. The van der Waals surface area contributed by atoms with Crippen molar-refractivity contribution in [3.05, 3.63) is 85.0 Å². The van der Waals surface area contributed by atoms with Gasteiger partial charge in [0, 0.05) is 7.05 Å². The first-order chi connectivity index (χ1) is 14.7. The average molecular weight is 442 g/mol. The number of amides is 1. The molecule has 1 amide bonds. The fourth-order valence-corrected chi connectivity index (χ4v) is 3.79. The molecular weight excluding hydrogens is 418 g/mol. The van der Waals surface area contributed by atoms with Crippen LogP contribution in [-0.2, 0) is 11.3 Å². The highest BCUT2D eigenvalue weighted by molar-refractivity contribution is 6.34. The molecule has 0 bridgehead atoms. The molecule has 0 unspecified atom stereocenters. The van der Waals surface area contributed by atoms with Crippen LogP contribution in [0.4, 0.5) is 17.2 Å². The van der Waals surface area contributed by atoms with Crippen molar-refractivity contribution in [3.8, 4) is 0 Å². The number of carbonyl (C=O) groups excluding carboxylic acids is 1. The van der Waals surface area contributed by atoms with Gasteiger partial charge in [0.25, 0.3) is 5.56 Å². The van der Waals surface area contributed by atoms with Crippen LogP contribution in [0, 0.1) is 13.8 Å². The summed E-state index contributed by atoms with van der Waals surface area (Å²) in [5.74, 6) is -0.395. The van der Waals surface area contributed by atoms with E-state index in [0.29, 0.717) is 10.7 Å². The van der Waals surface area contributed by atoms with Crippen molar-refractivity contribution in [2.24, 2.45) is 0 Å². The highest BCUT2D eigenvalue weighted by Crippen LogP contribution is 2.27. The van der Waals surface area contributed by atoms with E-state index in [4.69, 9.17) is 17.3 Å². The first kappa shape index (κ1) is 22.2. The Morgan fingerprint density at radius 2 is 1.87 bits per heavy atom. The Balaban J connectivity index is 1.85. The van der Waals surface area contributed by atoms with Crippen molar-refractivity contribution in [1.82, 2.24) is 9.55 Å². The highest BCUT2D eigenvalue weighted by atomic mass is 35.5. The third-order valence-corrected chi connectivity index (χ3v) is 5.15. The van der Waals surface area contributed by atoms with Crippen LogP contribution in [0.2, 0.25) is 5.02 Å². The molecule has 2 aromatic carbocycles. The lowest BCUT2D eigenvalue weighted by molar-refractivity contribution is -0.114. The van der Waals surface area contributed by atoms with E-state index in [-0.39, 0.29) is 30.5 Å². The summed E-state index contributed by atoms with van der Waals surface area (Å²) in [4.78, 5) is 41.1. The minimum atomic E-state index is -0.660. The number of likely N-dealkylation sites (N-methyl/N-ethyl adjacent to an activating group) is 1. The SMILES string of the molecule is Cc1cc(C)c(NC(=O)CN(C)c2c(N)n(Cc3ccccc3)c(=O)[nH]c2=O)c(Cl)c1. The summed E-state index contributed by atoms with van der Waals surface area (Å²) in [6.45, 7) is 3.78. The Hall–Kier alpha value is -3.52. The topological polar surface area (TPSA) is 113 Å². The highest BCUT2D eigenvalue weighted by Gasteiger charge is 2.19. The number of aromatic nitrogens is 2. The molecule has 9 heteroatoms. The number of hydrogen-bond acceptors (Lipinski definition) is 5. The summed E-state index contributed by atoms with van der Waals surface area (Å²) in [7, 11) is 1.56. The van der Waals surface area contributed by atoms with Crippen LogP contribution in [0.3, 0.4) is 0 Å². The second-order valence-corrected chi connectivity index (χ2v) is 7.81. The number of nitrogens with two attached hydrogens (primary N) is 1. The van der Waals surface area contributed by atoms with Crippen molar-refractivity contribution in [2.45, 2.75) is 20.4 Å². The van der Waals surface area contributed by atoms with E-state index < -0.39 is 11.2 Å². The summed E-state index contributed by atoms with van der Waals surface area (Å²) in [6, 6.07) is 12.9. The molecule has 1 aromatic heterocycles. The number of aryl methyl sites for hydroxylation is 2. The fourth-order valence-electron chi connectivity index (χ4n) is 3.42. The first-order valence-electron chi connectivity index (χ1n) is 9.61. The number of aromatic amines is 1. The molecule has 0 saturated heterocycles. The van der Waals surface area contributed by atoms with Gasteiger partial charge >= 0.3 is 5.69 Å². The molecule has 4 N–H and O–H groups in total. The molecule has 0 fully saturated rings. The lowest BCUT2D eigenvalue weighted by atomic mass is 10.1. The predicted octanol–water partition coefficient (Wildman–Crippen LogP) is 2.51. The average Bonchev–Trinajstić information content (AvgIpc) is 2.68. The Labute approximate surface area is 184 Å². The normalized spacial score (nSPS) is 10.7. The Bertz CT molecular complexity index is 1210. The van der Waals surface area contributed by atoms with Gasteiger partial charge in [-0.3, -0.25) is 19.1 Å². The Morgan fingerprint density at radius 3 is 2.52 bits per heavy atom. The largest absolute Gasteiger partial charge is 0.383 e. The zero-order valence-electron chi connectivity index (χ0n) is 17.5. The van der Waals surface area contributed by atoms with Crippen LogP contribution >= 0.6 is 11.6 Å². The summed E-state index contributed by atoms with van der Waals surface area (Å²) < 4.78 is 1.27. The van der Waals surface area contributed by atoms with Gasteiger partial charge < -0.3 is 16.0 Å². The van der Waals surface area contributed by atoms with Gasteiger partial charge in [-0.15, -0.1) is 0 Å². The van der Waals surface area contributed by atoms with Crippen molar-refractivity contribution >= 4 is 34.7 Å². The molecular formula is C22H24ClN5O3. The number of anilines is 3. The molecule has 0 radical (unpaired) electrons. The van der Waals surface area contributed by atoms with Gasteiger partial charge in [-0.25, -0.2) is 4.79 Å². The molecule has 0 spiro atoms. The van der Waals surface area contributed by atoms with Gasteiger partial charge in [-0.1, -0.05) is 48.0 Å². The van der Waals surface area contributed by atoms with Gasteiger partial charge in [0.1, 0.15) is 11.5 Å². The maximum Gasteiger partial charge on any atom is 0.330 e. The quantitative estimate of drug-likeness (QED) is 0.544. The number of nitrogen functional groups attached to an aromatic ring is 1. The lowest BCUT2D eigenvalue weighted by Crippen LogP contribution is -2.39. The van der Waals surface area contributed by atoms with Crippen LogP contribution < -0.4 is 27.2 Å². The molecule has 1 heterocycles. The van der Waals surface area contributed by atoms with E-state index >= 15 is 0 Å². The number of halogens is 1. The van der Waals surface area contributed by atoms with E-state index in [2.05, 4.69) is 10.3 Å². The fraction of sp³-hybridized carbons (Fsp3) is 0.227. The Morgan fingerprint density at radius 1 is 1.19 bits per heavy atom. The maximum atomic E-state index is 12.6. The van der Waals surface area contributed by atoms with Gasteiger partial charge in [0.15, 0.2) is 0 Å². The molecule has 162 valence electrons. The van der Waals surface area contributed by atoms with Gasteiger partial charge in [0.2, 0.25) is 5.91 Å². The third kappa shape index (κ3) is 4.97. The number of carbonyl (C=O) groups is 1. The Kier molecular flexibility index (Phi) is 6.50. The second-order valence-electron chi connectivity index (χ2n) is 7.41. The monoisotopic (exact) mass is 441 g/mol. The number of benzene rings is 2. The molecule has 0 aliphatic carbocycles. The molecule has 8 nitrogen and oxygen atoms in total. The standard InChI is InChI=1S/C22H24ClN5O3/c1-13-9-14(2)18(16(23)10-13)25-17(29)12-27(3)19-20(24)28(22(31)26-21(19)30)11-15-7-5-4-6-8-15/h4-10H,11-12,24H2,1-3H3,(H,25,29)(H,26,30,31). The minimum absolute atomic E-state index is 0.0162. The number of hydrogen-bond donors (Lipinski definition) is 3. The maximum absolute atomic E-state index is 12.6. The lowest BCUT2D eigenvalue weighted by Gasteiger charge is -2.22. The molecule has 0 saturated carbocycles. The van der Waals surface area contributed by atoms with Crippen molar-refractivity contribution < 1.29 is 4.79 Å². The van der Waals surface area contributed by atoms with Crippen molar-refractivity contribution in [1.29, 1.82) is 0 Å². The number of nitrogens with one attached hydrogen (secondary N) is 2. The second kappa shape index (κ2) is 9.09. The molecule has 0 aliphatic rings. The molecule has 3 aromatic rings. The van der Waals surface area contributed by atoms with Crippen molar-refractivity contribution in [2.75, 3.05) is 29.5 Å². The van der Waals surface area contributed by atoms with E-state index in [0.717, 1.165) is 16.7 Å². The third-order valence-electron chi connectivity index (χ3n) is 4.86. The first-order valence-corrected chi connectivity index (χ1v) is 9.99. The van der Waals surface area contributed by atoms with Gasteiger partial charge in [-0.05, 0) is 36.6 Å². The summed E-state index contributed by atoms with van der Waals surface area (Å²) in [5, 5.41) is 3.21. The van der Waals surface area contributed by atoms with Gasteiger partial charge in [0.05, 0.1) is 23.8 Å². The van der Waals surface area contributed by atoms with Crippen LogP contribution in [0.1, 0.15) is 16.7 Å². The zero-order chi connectivity index (χ0) is 22.7. The number of rotatable bonds is 6. The zero-order valence-corrected chi connectivity index (χ0v) is 18.3. The van der Waals surface area contributed by atoms with Crippen LogP contribution in [-0.4, -0.2) is 29.1 Å². The number of H-pyrrole nitrogens is 1. The van der Waals surface area contributed by atoms with Gasteiger partial charge in [-0.2, -0.15) is 0 Å². The molecule has 0 atom stereocenters. The molecule has 3 rings (SSSR count). The van der Waals surface area contributed by atoms with E-state index in [9.17, 15) is 14.4 Å². The summed E-state index contributed by atoms with van der Waals surface area (Å²) >= 11 is 6.26. The number of nitrogens with zero attached hydrogens (tertiary/aromatic N) is 2. The molecule has 0 aliphatic heterocycles. The summed E-state index contributed by atoms with van der Waals surface area (Å²) in [6.07, 6.45) is 0. The minimum Gasteiger partial charge on any atom is -0.383 e. The van der Waals surface area contributed by atoms with Crippen LogP contribution in [0.5, 0.6) is 0 Å². The van der Waals surface area contributed by atoms with E-state index in [1.807, 2.05) is 50.2 Å². The van der Waals surface area contributed by atoms with E-state index in [1.165, 1.54) is 9.47 Å². The van der Waals surface area contributed by atoms with Crippen molar-refractivity contribution in [3.63, 3.8) is 0 Å².